The van der Waals surface area contributed by atoms with Crippen LogP contribution in [0.5, 0.6) is 0 Å². The standard InChI is InChI=1S/C15H16N2O/c1-11-9-12-5-2-3-7-14(12)17(11)15-8-4-6-13(10-18)16-15/h2-8,11,18H,9-10H2,1H3. The minimum Gasteiger partial charge on any atom is -0.390 e. The molecule has 1 unspecified atom stereocenters. The summed E-state index contributed by atoms with van der Waals surface area (Å²) in [4.78, 5) is 6.74. The van der Waals surface area contributed by atoms with Gasteiger partial charge in [-0.05, 0) is 37.1 Å². The summed E-state index contributed by atoms with van der Waals surface area (Å²) < 4.78 is 0. The minimum atomic E-state index is -0.0162. The van der Waals surface area contributed by atoms with Crippen molar-refractivity contribution in [2.45, 2.75) is 26.0 Å². The number of aromatic nitrogens is 1. The van der Waals surface area contributed by atoms with Gasteiger partial charge in [0.2, 0.25) is 0 Å². The second-order valence-corrected chi connectivity index (χ2v) is 4.70. The molecule has 1 aromatic heterocycles. The van der Waals surface area contributed by atoms with E-state index in [0.29, 0.717) is 11.7 Å². The molecule has 0 radical (unpaired) electrons. The van der Waals surface area contributed by atoms with Crippen molar-refractivity contribution in [1.29, 1.82) is 0 Å². The lowest BCUT2D eigenvalue weighted by Gasteiger charge is -2.24. The van der Waals surface area contributed by atoms with Crippen LogP contribution in [0.3, 0.4) is 0 Å². The Kier molecular flexibility index (Phi) is 2.76. The number of rotatable bonds is 2. The van der Waals surface area contributed by atoms with E-state index in [1.807, 2.05) is 18.2 Å². The van der Waals surface area contributed by atoms with Crippen LogP contribution in [0.1, 0.15) is 18.2 Å². The average Bonchev–Trinajstić information content (AvgIpc) is 2.74. The van der Waals surface area contributed by atoms with Crippen LogP contribution in [0.4, 0.5) is 11.5 Å². The zero-order chi connectivity index (χ0) is 12.5. The maximum atomic E-state index is 9.18. The molecule has 3 heteroatoms. The number of anilines is 2. The first-order chi connectivity index (χ1) is 8.79. The second-order valence-electron chi connectivity index (χ2n) is 4.70. The summed E-state index contributed by atoms with van der Waals surface area (Å²) >= 11 is 0. The van der Waals surface area contributed by atoms with Gasteiger partial charge in [0.25, 0.3) is 0 Å². The zero-order valence-electron chi connectivity index (χ0n) is 10.4. The van der Waals surface area contributed by atoms with Crippen molar-refractivity contribution < 1.29 is 5.11 Å². The fourth-order valence-corrected chi connectivity index (χ4v) is 2.60. The van der Waals surface area contributed by atoms with Gasteiger partial charge in [-0.25, -0.2) is 4.98 Å². The van der Waals surface area contributed by atoms with E-state index >= 15 is 0 Å². The average molecular weight is 240 g/mol. The molecule has 0 bridgehead atoms. The lowest BCUT2D eigenvalue weighted by molar-refractivity contribution is 0.277. The Morgan fingerprint density at radius 3 is 2.89 bits per heavy atom. The Morgan fingerprint density at radius 2 is 2.06 bits per heavy atom. The van der Waals surface area contributed by atoms with Gasteiger partial charge in [-0.15, -0.1) is 0 Å². The molecule has 1 aliphatic rings. The van der Waals surface area contributed by atoms with E-state index in [1.165, 1.54) is 11.3 Å². The van der Waals surface area contributed by atoms with Crippen LogP contribution in [-0.2, 0) is 13.0 Å². The van der Waals surface area contributed by atoms with Crippen molar-refractivity contribution in [2.24, 2.45) is 0 Å². The van der Waals surface area contributed by atoms with Crippen molar-refractivity contribution in [1.82, 2.24) is 4.98 Å². The van der Waals surface area contributed by atoms with Gasteiger partial charge in [0, 0.05) is 11.7 Å². The molecule has 3 nitrogen and oxygen atoms in total. The summed E-state index contributed by atoms with van der Waals surface area (Å²) in [6.45, 7) is 2.19. The maximum absolute atomic E-state index is 9.18. The number of benzene rings is 1. The van der Waals surface area contributed by atoms with Crippen LogP contribution in [0, 0.1) is 0 Å². The minimum absolute atomic E-state index is 0.0162. The van der Waals surface area contributed by atoms with E-state index in [-0.39, 0.29) is 6.61 Å². The van der Waals surface area contributed by atoms with E-state index in [4.69, 9.17) is 0 Å². The Balaban J connectivity index is 2.06. The normalized spacial score (nSPS) is 17.9. The van der Waals surface area contributed by atoms with Crippen molar-refractivity contribution in [3.63, 3.8) is 0 Å². The zero-order valence-corrected chi connectivity index (χ0v) is 10.4. The topological polar surface area (TPSA) is 36.4 Å². The molecule has 0 fully saturated rings. The smallest absolute Gasteiger partial charge is 0.133 e. The first-order valence-electron chi connectivity index (χ1n) is 6.23. The molecular weight excluding hydrogens is 224 g/mol. The van der Waals surface area contributed by atoms with Gasteiger partial charge < -0.3 is 10.0 Å². The summed E-state index contributed by atoms with van der Waals surface area (Å²) in [5.74, 6) is 0.916. The molecule has 0 saturated heterocycles. The van der Waals surface area contributed by atoms with Gasteiger partial charge in [-0.2, -0.15) is 0 Å². The molecule has 1 aliphatic heterocycles. The van der Waals surface area contributed by atoms with Crippen LogP contribution >= 0.6 is 0 Å². The Morgan fingerprint density at radius 1 is 1.22 bits per heavy atom. The molecule has 0 saturated carbocycles. The molecular formula is C15H16N2O. The highest BCUT2D eigenvalue weighted by atomic mass is 16.3. The van der Waals surface area contributed by atoms with Crippen molar-refractivity contribution in [2.75, 3.05) is 4.90 Å². The largest absolute Gasteiger partial charge is 0.390 e. The lowest BCUT2D eigenvalue weighted by Crippen LogP contribution is -2.25. The third-order valence-corrected chi connectivity index (χ3v) is 3.41. The molecule has 2 heterocycles. The number of hydrogen-bond donors (Lipinski definition) is 1. The van der Waals surface area contributed by atoms with Gasteiger partial charge in [-0.1, -0.05) is 24.3 Å². The summed E-state index contributed by atoms with van der Waals surface area (Å²) in [6, 6.07) is 14.6. The molecule has 3 rings (SSSR count). The summed E-state index contributed by atoms with van der Waals surface area (Å²) in [5.41, 5.74) is 3.30. The molecule has 1 atom stereocenters. The Hall–Kier alpha value is -1.87. The summed E-state index contributed by atoms with van der Waals surface area (Å²) in [5, 5.41) is 9.18. The monoisotopic (exact) mass is 240 g/mol. The van der Waals surface area contributed by atoms with Crippen LogP contribution < -0.4 is 4.90 Å². The first-order valence-corrected chi connectivity index (χ1v) is 6.23. The number of pyridine rings is 1. The quantitative estimate of drug-likeness (QED) is 0.876. The third-order valence-electron chi connectivity index (χ3n) is 3.41. The van der Waals surface area contributed by atoms with Crippen molar-refractivity contribution in [3.8, 4) is 0 Å². The molecule has 0 amide bonds. The highest BCUT2D eigenvalue weighted by Crippen LogP contribution is 2.36. The maximum Gasteiger partial charge on any atom is 0.133 e. The predicted molar refractivity (Wildman–Crippen MR) is 71.9 cm³/mol. The van der Waals surface area contributed by atoms with Gasteiger partial charge >= 0.3 is 0 Å². The second kappa shape index (κ2) is 4.42. The molecule has 92 valence electrons. The van der Waals surface area contributed by atoms with E-state index in [2.05, 4.69) is 41.1 Å². The number of hydrogen-bond acceptors (Lipinski definition) is 3. The number of fused-ring (bicyclic) bond motifs is 1. The fraction of sp³-hybridized carbons (Fsp3) is 0.267. The fourth-order valence-electron chi connectivity index (χ4n) is 2.60. The molecule has 1 aromatic carbocycles. The first kappa shape index (κ1) is 11.2. The number of aliphatic hydroxyl groups is 1. The summed E-state index contributed by atoms with van der Waals surface area (Å²) in [7, 11) is 0. The van der Waals surface area contributed by atoms with Gasteiger partial charge in [0.05, 0.1) is 12.3 Å². The summed E-state index contributed by atoms with van der Waals surface area (Å²) in [6.07, 6.45) is 1.04. The van der Waals surface area contributed by atoms with Crippen LogP contribution in [0.25, 0.3) is 0 Å². The van der Waals surface area contributed by atoms with E-state index in [0.717, 1.165) is 12.2 Å². The van der Waals surface area contributed by atoms with Crippen LogP contribution in [0.2, 0.25) is 0 Å². The SMILES string of the molecule is CC1Cc2ccccc2N1c1cccc(CO)n1. The van der Waals surface area contributed by atoms with E-state index < -0.39 is 0 Å². The molecule has 18 heavy (non-hydrogen) atoms. The van der Waals surface area contributed by atoms with Crippen LogP contribution in [-0.4, -0.2) is 16.1 Å². The van der Waals surface area contributed by atoms with Gasteiger partial charge in [0.15, 0.2) is 0 Å². The molecule has 2 aromatic rings. The molecule has 1 N–H and O–H groups in total. The van der Waals surface area contributed by atoms with Crippen molar-refractivity contribution in [3.05, 3.63) is 53.7 Å². The number of nitrogens with zero attached hydrogens (tertiary/aromatic N) is 2. The Bertz CT molecular complexity index is 568. The number of para-hydroxylation sites is 1. The van der Waals surface area contributed by atoms with Crippen LogP contribution in [0.15, 0.2) is 42.5 Å². The lowest BCUT2D eigenvalue weighted by atomic mass is 10.1. The third kappa shape index (κ3) is 1.77. The van der Waals surface area contributed by atoms with E-state index in [1.54, 1.807) is 0 Å². The molecule has 0 spiro atoms. The Labute approximate surface area is 107 Å². The number of aliphatic hydroxyl groups excluding tert-OH is 1. The van der Waals surface area contributed by atoms with Gasteiger partial charge in [0.1, 0.15) is 5.82 Å². The molecule has 0 aliphatic carbocycles. The van der Waals surface area contributed by atoms with Gasteiger partial charge in [-0.3, -0.25) is 0 Å². The van der Waals surface area contributed by atoms with Crippen molar-refractivity contribution >= 4 is 11.5 Å². The highest BCUT2D eigenvalue weighted by Gasteiger charge is 2.27. The highest BCUT2D eigenvalue weighted by molar-refractivity contribution is 5.68. The van der Waals surface area contributed by atoms with E-state index in [9.17, 15) is 5.11 Å². The predicted octanol–water partition coefficient (Wildman–Crippen LogP) is 2.66.